The maximum atomic E-state index is 9.10. The van der Waals surface area contributed by atoms with Crippen LogP contribution in [0.15, 0.2) is 35.3 Å². The molecule has 124 valence electrons. The minimum atomic E-state index is -1.82. The fourth-order valence-electron chi connectivity index (χ4n) is 1.50. The molecule has 0 radical (unpaired) electrons. The highest BCUT2D eigenvalue weighted by molar-refractivity contribution is 9.10. The number of nitrogens with zero attached hydrogens (tertiary/aromatic N) is 2. The molecule has 2 N–H and O–H groups in total. The number of carbonyl (C=O) groups is 2. The number of aryl methyl sites for hydroxylation is 1. The number of aliphatic carboxylic acids is 2. The average molecular weight is 406 g/mol. The van der Waals surface area contributed by atoms with Crippen LogP contribution in [0.25, 0.3) is 0 Å². The quantitative estimate of drug-likeness (QED) is 0.759. The van der Waals surface area contributed by atoms with Gasteiger partial charge in [-0.3, -0.25) is 0 Å². The summed E-state index contributed by atoms with van der Waals surface area (Å²) in [7, 11) is 0. The molecular weight excluding hydrogens is 392 g/mol. The van der Waals surface area contributed by atoms with Crippen molar-refractivity contribution >= 4 is 39.5 Å². The van der Waals surface area contributed by atoms with Crippen LogP contribution in [0.2, 0.25) is 5.02 Å². The third-order valence-electron chi connectivity index (χ3n) is 2.48. The van der Waals surface area contributed by atoms with Crippen LogP contribution < -0.4 is 4.74 Å². The van der Waals surface area contributed by atoms with Crippen LogP contribution in [0.1, 0.15) is 5.56 Å². The molecule has 7 nitrogen and oxygen atoms in total. The predicted octanol–water partition coefficient (Wildman–Crippen LogP) is 2.84. The first-order chi connectivity index (χ1) is 10.8. The third kappa shape index (κ3) is 6.70. The summed E-state index contributed by atoms with van der Waals surface area (Å²) in [6, 6.07) is 3.87. The molecule has 1 aromatic heterocycles. The van der Waals surface area contributed by atoms with Crippen molar-refractivity contribution in [2.24, 2.45) is 0 Å². The monoisotopic (exact) mass is 404 g/mol. The fraction of sp³-hybridized carbons (Fsp3) is 0.214. The largest absolute Gasteiger partial charge is 0.489 e. The third-order valence-corrected chi connectivity index (χ3v) is 3.35. The van der Waals surface area contributed by atoms with Gasteiger partial charge in [-0.1, -0.05) is 11.6 Å². The first-order valence-corrected chi connectivity index (χ1v) is 7.48. The number of carboxylic acid groups (broad SMARTS) is 2. The van der Waals surface area contributed by atoms with Gasteiger partial charge in [-0.05, 0) is 40.5 Å². The van der Waals surface area contributed by atoms with Gasteiger partial charge in [0.25, 0.3) is 0 Å². The van der Waals surface area contributed by atoms with E-state index in [1.54, 1.807) is 12.5 Å². The Morgan fingerprint density at radius 2 is 2.00 bits per heavy atom. The topological polar surface area (TPSA) is 102 Å². The summed E-state index contributed by atoms with van der Waals surface area (Å²) >= 11 is 9.57. The van der Waals surface area contributed by atoms with Gasteiger partial charge in [0.15, 0.2) is 5.75 Å². The van der Waals surface area contributed by atoms with Gasteiger partial charge in [0.1, 0.15) is 6.61 Å². The Morgan fingerprint density at radius 1 is 1.35 bits per heavy atom. The molecule has 0 fully saturated rings. The Bertz CT molecular complexity index is 641. The van der Waals surface area contributed by atoms with Crippen molar-refractivity contribution in [3.63, 3.8) is 0 Å². The lowest BCUT2D eigenvalue weighted by atomic mass is 10.2. The number of aromatic nitrogens is 2. The van der Waals surface area contributed by atoms with Crippen LogP contribution in [0.4, 0.5) is 0 Å². The maximum absolute atomic E-state index is 9.10. The molecule has 2 aromatic rings. The summed E-state index contributed by atoms with van der Waals surface area (Å²) in [5, 5.41) is 15.4. The zero-order valence-electron chi connectivity index (χ0n) is 12.1. The summed E-state index contributed by atoms with van der Waals surface area (Å²) in [6.07, 6.45) is 5.40. The van der Waals surface area contributed by atoms with Crippen LogP contribution in [-0.4, -0.2) is 38.3 Å². The predicted molar refractivity (Wildman–Crippen MR) is 86.9 cm³/mol. The van der Waals surface area contributed by atoms with Crippen molar-refractivity contribution in [2.75, 3.05) is 6.61 Å². The van der Waals surface area contributed by atoms with Gasteiger partial charge in [-0.2, -0.15) is 0 Å². The minimum Gasteiger partial charge on any atom is -0.489 e. The first kappa shape index (κ1) is 19.0. The number of imidazole rings is 1. The molecule has 0 aliphatic heterocycles. The van der Waals surface area contributed by atoms with Gasteiger partial charge in [-0.15, -0.1) is 0 Å². The Labute approximate surface area is 145 Å². The van der Waals surface area contributed by atoms with E-state index in [4.69, 9.17) is 36.1 Å². The van der Waals surface area contributed by atoms with Crippen molar-refractivity contribution in [3.8, 4) is 5.75 Å². The van der Waals surface area contributed by atoms with Crippen molar-refractivity contribution in [1.82, 2.24) is 9.55 Å². The molecule has 0 aliphatic carbocycles. The molecule has 1 aromatic carbocycles. The van der Waals surface area contributed by atoms with E-state index < -0.39 is 11.9 Å². The normalized spacial score (nSPS) is 9.70. The smallest absolute Gasteiger partial charge is 0.414 e. The summed E-state index contributed by atoms with van der Waals surface area (Å²) in [5.41, 5.74) is 1.10. The van der Waals surface area contributed by atoms with E-state index >= 15 is 0 Å². The van der Waals surface area contributed by atoms with E-state index in [9.17, 15) is 0 Å². The van der Waals surface area contributed by atoms with Crippen molar-refractivity contribution in [2.45, 2.75) is 13.5 Å². The summed E-state index contributed by atoms with van der Waals surface area (Å²) in [6.45, 7) is 3.29. The summed E-state index contributed by atoms with van der Waals surface area (Å²) in [5.74, 6) is -2.96. The molecule has 0 aliphatic rings. The highest BCUT2D eigenvalue weighted by Crippen LogP contribution is 2.34. The number of benzene rings is 1. The van der Waals surface area contributed by atoms with Crippen molar-refractivity contribution < 1.29 is 24.5 Å². The average Bonchev–Trinajstić information content (AvgIpc) is 2.95. The van der Waals surface area contributed by atoms with E-state index in [2.05, 4.69) is 20.9 Å². The second-order valence-electron chi connectivity index (χ2n) is 4.32. The van der Waals surface area contributed by atoms with Gasteiger partial charge in [0.05, 0.1) is 22.4 Å². The Hall–Kier alpha value is -2.06. The lowest BCUT2D eigenvalue weighted by molar-refractivity contribution is -0.159. The molecule has 1 heterocycles. The fourth-order valence-corrected chi connectivity index (χ4v) is 2.63. The number of hydrogen-bond acceptors (Lipinski definition) is 4. The summed E-state index contributed by atoms with van der Waals surface area (Å²) < 4.78 is 8.51. The second kappa shape index (κ2) is 9.16. The first-order valence-electron chi connectivity index (χ1n) is 6.31. The van der Waals surface area contributed by atoms with Gasteiger partial charge in [0, 0.05) is 12.4 Å². The van der Waals surface area contributed by atoms with E-state index in [0.717, 1.165) is 16.6 Å². The molecule has 0 atom stereocenters. The zero-order chi connectivity index (χ0) is 17.4. The highest BCUT2D eigenvalue weighted by Gasteiger charge is 2.07. The molecule has 0 amide bonds. The zero-order valence-corrected chi connectivity index (χ0v) is 14.4. The van der Waals surface area contributed by atoms with E-state index in [1.807, 2.05) is 29.8 Å². The molecule has 0 saturated carbocycles. The Kier molecular flexibility index (Phi) is 7.56. The summed E-state index contributed by atoms with van der Waals surface area (Å²) in [4.78, 5) is 22.2. The molecular formula is C14H14BrClN2O5. The molecule has 0 spiro atoms. The van der Waals surface area contributed by atoms with Gasteiger partial charge < -0.3 is 19.5 Å². The minimum absolute atomic E-state index is 0.553. The lowest BCUT2D eigenvalue weighted by Gasteiger charge is -2.11. The van der Waals surface area contributed by atoms with Crippen LogP contribution in [0, 0.1) is 6.92 Å². The molecule has 23 heavy (non-hydrogen) atoms. The SMILES string of the molecule is Cc1cc(Cl)c(OCCn2ccnc2)c(Br)c1.O=C(O)C(=O)O. The number of carboxylic acids is 2. The Morgan fingerprint density at radius 3 is 2.48 bits per heavy atom. The second-order valence-corrected chi connectivity index (χ2v) is 5.58. The van der Waals surface area contributed by atoms with Crippen LogP contribution in [0.5, 0.6) is 5.75 Å². The van der Waals surface area contributed by atoms with Crippen LogP contribution >= 0.6 is 27.5 Å². The van der Waals surface area contributed by atoms with Crippen LogP contribution in [-0.2, 0) is 16.1 Å². The standard InChI is InChI=1S/C12H12BrClN2O.C2H2O4/c1-9-6-10(13)12(11(14)7-9)17-5-4-16-3-2-15-8-16;3-1(4)2(5)6/h2-3,6-8H,4-5H2,1H3;(H,3,4)(H,5,6). The van der Waals surface area contributed by atoms with Crippen LogP contribution in [0.3, 0.4) is 0 Å². The van der Waals surface area contributed by atoms with Gasteiger partial charge in [-0.25, -0.2) is 14.6 Å². The Balaban J connectivity index is 0.000000379. The maximum Gasteiger partial charge on any atom is 0.414 e. The highest BCUT2D eigenvalue weighted by atomic mass is 79.9. The molecule has 2 rings (SSSR count). The van der Waals surface area contributed by atoms with Gasteiger partial charge >= 0.3 is 11.9 Å². The molecule has 0 saturated heterocycles. The molecule has 0 bridgehead atoms. The van der Waals surface area contributed by atoms with Crippen molar-refractivity contribution in [3.05, 3.63) is 45.9 Å². The number of hydrogen-bond donors (Lipinski definition) is 2. The van der Waals surface area contributed by atoms with E-state index in [-0.39, 0.29) is 0 Å². The molecule has 9 heteroatoms. The lowest BCUT2D eigenvalue weighted by Crippen LogP contribution is -2.09. The van der Waals surface area contributed by atoms with Gasteiger partial charge in [0.2, 0.25) is 0 Å². The van der Waals surface area contributed by atoms with E-state index in [0.29, 0.717) is 17.4 Å². The van der Waals surface area contributed by atoms with E-state index in [1.165, 1.54) is 0 Å². The number of halogens is 2. The number of rotatable bonds is 4. The van der Waals surface area contributed by atoms with Crippen molar-refractivity contribution in [1.29, 1.82) is 0 Å². The number of ether oxygens (including phenoxy) is 1. The molecule has 0 unspecified atom stereocenters.